The van der Waals surface area contributed by atoms with Crippen LogP contribution < -0.4 is 14.2 Å². The summed E-state index contributed by atoms with van der Waals surface area (Å²) >= 11 is 7.10. The molecule has 7 nitrogen and oxygen atoms in total. The van der Waals surface area contributed by atoms with Crippen LogP contribution in [-0.2, 0) is 9.59 Å². The van der Waals surface area contributed by atoms with Crippen LogP contribution in [0.15, 0.2) is 33.6 Å². The number of thioether (sulfide) groups is 1. The van der Waals surface area contributed by atoms with Crippen molar-refractivity contribution in [1.82, 2.24) is 4.90 Å². The highest BCUT2D eigenvalue weighted by Gasteiger charge is 2.53. The lowest BCUT2D eigenvalue weighted by Gasteiger charge is -2.56. The van der Waals surface area contributed by atoms with Crippen molar-refractivity contribution in [2.45, 2.75) is 45.1 Å². The molecule has 7 rings (SSSR count). The summed E-state index contributed by atoms with van der Waals surface area (Å²) in [5.74, 6) is 5.10. The normalized spacial score (nSPS) is 28.9. The lowest BCUT2D eigenvalue weighted by molar-refractivity contribution is -0.130. The van der Waals surface area contributed by atoms with Gasteiger partial charge in [0.15, 0.2) is 17.3 Å². The van der Waals surface area contributed by atoms with Crippen LogP contribution in [-0.4, -0.2) is 47.8 Å². The number of Topliss-reactive ketones (excluding diaryl/α,β-unsaturated/α-hetero) is 1. The number of amides is 1. The van der Waals surface area contributed by atoms with Gasteiger partial charge in [0.05, 0.1) is 19.1 Å². The molecule has 0 spiro atoms. The van der Waals surface area contributed by atoms with Gasteiger partial charge in [-0.1, -0.05) is 24.0 Å². The van der Waals surface area contributed by atoms with E-state index in [9.17, 15) is 9.59 Å². The standard InChI is InChI=1S/C29H31NO6S2/c1-15(31)14-35-24-12-18(11-23(33-2)27(24)34-3)22-5-4-21(36-22)13-25-28(32)30(29(37)38-25)26-19-7-16-6-17(9-19)10-20(26)8-16/h4-5,11-13,16-17,19-20,26H,6-10,14H2,1-3H3/b25-13-. The van der Waals surface area contributed by atoms with Crippen molar-refractivity contribution in [3.8, 4) is 28.6 Å². The Morgan fingerprint density at radius 3 is 2.39 bits per heavy atom. The third-order valence-corrected chi connectivity index (χ3v) is 9.69. The second-order valence-corrected chi connectivity index (χ2v) is 12.6. The van der Waals surface area contributed by atoms with Crippen molar-refractivity contribution in [2.24, 2.45) is 23.7 Å². The molecule has 1 aromatic heterocycles. The highest BCUT2D eigenvalue weighted by molar-refractivity contribution is 8.26. The van der Waals surface area contributed by atoms with Crippen molar-refractivity contribution in [3.05, 3.63) is 34.9 Å². The van der Waals surface area contributed by atoms with Crippen LogP contribution in [0.2, 0.25) is 0 Å². The fourth-order valence-electron chi connectivity index (χ4n) is 7.13. The zero-order chi connectivity index (χ0) is 26.6. The van der Waals surface area contributed by atoms with Gasteiger partial charge >= 0.3 is 0 Å². The quantitative estimate of drug-likeness (QED) is 0.293. The van der Waals surface area contributed by atoms with Gasteiger partial charge in [0.1, 0.15) is 22.4 Å². The predicted octanol–water partition coefficient (Wildman–Crippen LogP) is 5.96. The van der Waals surface area contributed by atoms with E-state index in [1.165, 1.54) is 65.0 Å². The van der Waals surface area contributed by atoms with Gasteiger partial charge in [-0.2, -0.15) is 0 Å². The summed E-state index contributed by atoms with van der Waals surface area (Å²) in [6.07, 6.45) is 8.10. The first-order chi connectivity index (χ1) is 18.3. The molecule has 1 saturated heterocycles. The Bertz CT molecular complexity index is 1300. The van der Waals surface area contributed by atoms with Gasteiger partial charge < -0.3 is 18.6 Å². The molecule has 1 amide bonds. The maximum Gasteiger partial charge on any atom is 0.266 e. The zero-order valence-electron chi connectivity index (χ0n) is 21.7. The summed E-state index contributed by atoms with van der Waals surface area (Å²) in [7, 11) is 3.05. The molecule has 5 aliphatic rings. The predicted molar refractivity (Wildman–Crippen MR) is 149 cm³/mol. The van der Waals surface area contributed by atoms with E-state index in [1.807, 2.05) is 17.0 Å². The fraction of sp³-hybridized carbons (Fsp3) is 0.483. The summed E-state index contributed by atoms with van der Waals surface area (Å²) in [5.41, 5.74) is 0.696. The summed E-state index contributed by atoms with van der Waals surface area (Å²) < 4.78 is 23.4. The summed E-state index contributed by atoms with van der Waals surface area (Å²) in [5, 5.41) is 0. The van der Waals surface area contributed by atoms with Crippen molar-refractivity contribution in [3.63, 3.8) is 0 Å². The first-order valence-electron chi connectivity index (χ1n) is 13.1. The lowest BCUT2D eigenvalue weighted by Crippen LogP contribution is -2.57. The Balaban J connectivity index is 1.24. The molecule has 9 heteroatoms. The van der Waals surface area contributed by atoms with Crippen molar-refractivity contribution in [2.75, 3.05) is 20.8 Å². The highest BCUT2D eigenvalue weighted by atomic mass is 32.2. The average Bonchev–Trinajstić information content (AvgIpc) is 3.46. The smallest absolute Gasteiger partial charge is 0.266 e. The largest absolute Gasteiger partial charge is 0.493 e. The number of furan rings is 1. The van der Waals surface area contributed by atoms with E-state index in [4.69, 9.17) is 30.8 Å². The molecule has 0 N–H and O–H groups in total. The lowest BCUT2D eigenvalue weighted by atomic mass is 9.54. The minimum absolute atomic E-state index is 0.00135. The molecular weight excluding hydrogens is 522 g/mol. The molecular formula is C29H31NO6S2. The second kappa shape index (κ2) is 10.1. The SMILES string of the molecule is COc1cc(-c2ccc(/C=C3\SC(=S)N(C4C5CC6CC(C5)CC4C6)C3=O)o2)cc(OCC(C)=O)c1OC. The molecule has 0 atom stereocenters. The van der Waals surface area contributed by atoms with Gasteiger partial charge in [0.2, 0.25) is 5.75 Å². The van der Waals surface area contributed by atoms with Crippen LogP contribution in [0.3, 0.4) is 0 Å². The molecule has 0 radical (unpaired) electrons. The van der Waals surface area contributed by atoms with Crippen LogP contribution >= 0.6 is 24.0 Å². The Morgan fingerprint density at radius 1 is 1.08 bits per heavy atom. The molecule has 2 heterocycles. The number of thiocarbonyl (C=S) groups is 1. The Labute approximate surface area is 231 Å². The van der Waals surface area contributed by atoms with E-state index in [2.05, 4.69) is 0 Å². The number of methoxy groups -OCH3 is 2. The monoisotopic (exact) mass is 553 g/mol. The molecule has 38 heavy (non-hydrogen) atoms. The van der Waals surface area contributed by atoms with Crippen molar-refractivity contribution < 1.29 is 28.2 Å². The van der Waals surface area contributed by atoms with Gasteiger partial charge in [-0.15, -0.1) is 0 Å². The third-order valence-electron chi connectivity index (χ3n) is 8.36. The van der Waals surface area contributed by atoms with Gasteiger partial charge in [0.25, 0.3) is 5.91 Å². The molecule has 5 fully saturated rings. The molecule has 4 aliphatic carbocycles. The van der Waals surface area contributed by atoms with E-state index in [0.29, 0.717) is 55.4 Å². The van der Waals surface area contributed by atoms with Gasteiger partial charge in [-0.3, -0.25) is 14.5 Å². The number of hydrogen-bond donors (Lipinski definition) is 0. The Kier molecular flexibility index (Phi) is 6.76. The molecule has 1 aliphatic heterocycles. The molecule has 0 unspecified atom stereocenters. The van der Waals surface area contributed by atoms with Gasteiger partial charge in [0, 0.05) is 17.7 Å². The molecule has 1 aromatic carbocycles. The molecule has 4 bridgehead atoms. The summed E-state index contributed by atoms with van der Waals surface area (Å²) in [4.78, 5) is 27.6. The summed E-state index contributed by atoms with van der Waals surface area (Å²) in [6, 6.07) is 7.44. The number of carbonyl (C=O) groups excluding carboxylic acids is 2. The molecule has 2 aromatic rings. The van der Waals surface area contributed by atoms with Crippen LogP contribution in [0.4, 0.5) is 0 Å². The van der Waals surface area contributed by atoms with E-state index in [0.717, 1.165) is 11.8 Å². The van der Waals surface area contributed by atoms with E-state index >= 15 is 0 Å². The number of carbonyl (C=O) groups is 2. The maximum atomic E-state index is 13.6. The zero-order valence-corrected chi connectivity index (χ0v) is 23.4. The second-order valence-electron chi connectivity index (χ2n) is 10.9. The minimum atomic E-state index is -0.109. The summed E-state index contributed by atoms with van der Waals surface area (Å²) in [6.45, 7) is 1.37. The number of benzene rings is 1. The third kappa shape index (κ3) is 4.53. The number of nitrogens with zero attached hydrogens (tertiary/aromatic N) is 1. The van der Waals surface area contributed by atoms with Crippen molar-refractivity contribution in [1.29, 1.82) is 0 Å². The van der Waals surface area contributed by atoms with Crippen LogP contribution in [0, 0.1) is 23.7 Å². The number of ketones is 1. The maximum absolute atomic E-state index is 13.6. The fourth-order valence-corrected chi connectivity index (χ4v) is 8.45. The highest BCUT2D eigenvalue weighted by Crippen LogP contribution is 2.56. The molecule has 200 valence electrons. The van der Waals surface area contributed by atoms with Crippen LogP contribution in [0.5, 0.6) is 17.2 Å². The van der Waals surface area contributed by atoms with E-state index in [1.54, 1.807) is 18.2 Å². The number of ether oxygens (including phenoxy) is 3. The van der Waals surface area contributed by atoms with Crippen LogP contribution in [0.1, 0.15) is 44.8 Å². The Hall–Kier alpha value is -2.78. The van der Waals surface area contributed by atoms with E-state index < -0.39 is 0 Å². The first kappa shape index (κ1) is 25.5. The van der Waals surface area contributed by atoms with E-state index in [-0.39, 0.29) is 24.3 Å². The molecule has 4 saturated carbocycles. The van der Waals surface area contributed by atoms with Crippen LogP contribution in [0.25, 0.3) is 17.4 Å². The average molecular weight is 554 g/mol. The minimum Gasteiger partial charge on any atom is -0.493 e. The topological polar surface area (TPSA) is 78.2 Å². The first-order valence-corrected chi connectivity index (χ1v) is 14.3. The Morgan fingerprint density at radius 2 is 1.76 bits per heavy atom. The number of rotatable bonds is 8. The van der Waals surface area contributed by atoms with Gasteiger partial charge in [-0.25, -0.2) is 0 Å². The number of hydrogen-bond acceptors (Lipinski definition) is 8. The van der Waals surface area contributed by atoms with Crippen molar-refractivity contribution >= 4 is 46.1 Å². The van der Waals surface area contributed by atoms with Gasteiger partial charge in [-0.05, 0) is 87.0 Å².